The van der Waals surface area contributed by atoms with E-state index in [2.05, 4.69) is 0 Å². The maximum Gasteiger partial charge on any atom is 0.252 e. The van der Waals surface area contributed by atoms with Crippen LogP contribution in [0.1, 0.15) is 6.92 Å². The Hall–Kier alpha value is -0.610. The monoisotopic (exact) mass is 278 g/mol. The molecule has 1 aromatic rings. The van der Waals surface area contributed by atoms with Crippen molar-refractivity contribution in [3.8, 4) is 6.07 Å². The fraction of sp³-hybridized carbons (Fsp3) is 0.444. The Kier molecular flexibility index (Phi) is 4.33. The lowest BCUT2D eigenvalue weighted by molar-refractivity contribution is 0.440. The van der Waals surface area contributed by atoms with Gasteiger partial charge in [-0.25, -0.2) is 8.42 Å². The van der Waals surface area contributed by atoms with Crippen molar-refractivity contribution in [1.29, 1.82) is 5.26 Å². The molecule has 0 saturated carbocycles. The average molecular weight is 279 g/mol. The van der Waals surface area contributed by atoms with Crippen LogP contribution >= 0.6 is 22.9 Å². The molecule has 1 aromatic heterocycles. The molecule has 0 fully saturated rings. The number of hydrogen-bond acceptors (Lipinski definition) is 4. The number of rotatable bonds is 4. The van der Waals surface area contributed by atoms with E-state index in [1.54, 1.807) is 13.0 Å². The second-order valence-electron chi connectivity index (χ2n) is 3.37. The summed E-state index contributed by atoms with van der Waals surface area (Å²) in [4.78, 5) is 0. The lowest BCUT2D eigenvalue weighted by Gasteiger charge is -2.16. The normalized spacial score (nSPS) is 13.7. The van der Waals surface area contributed by atoms with Gasteiger partial charge in [-0.3, -0.25) is 0 Å². The number of nitriles is 1. The highest BCUT2D eigenvalue weighted by atomic mass is 35.5. The predicted octanol–water partition coefficient (Wildman–Crippen LogP) is 2.18. The summed E-state index contributed by atoms with van der Waals surface area (Å²) in [5.74, 6) is -0.338. The van der Waals surface area contributed by atoms with E-state index in [1.807, 2.05) is 6.07 Å². The molecular formula is C9H11ClN2O2S2. The fourth-order valence-corrected chi connectivity index (χ4v) is 4.07. The first-order valence-electron chi connectivity index (χ1n) is 4.49. The maximum atomic E-state index is 12.0. The summed E-state index contributed by atoms with van der Waals surface area (Å²) >= 11 is 6.70. The lowest BCUT2D eigenvalue weighted by Crippen LogP contribution is -2.30. The smallest absolute Gasteiger partial charge is 0.206 e. The number of sulfonamides is 1. The standard InChI is InChI=1S/C9H11ClN2O2S2/c1-7(5-11)6-12(2)16(13,14)9-4-3-8(10)15-9/h3-4,7H,6H2,1-2H3. The molecule has 0 aliphatic heterocycles. The molecular weight excluding hydrogens is 268 g/mol. The van der Waals surface area contributed by atoms with Crippen LogP contribution in [0.5, 0.6) is 0 Å². The zero-order valence-electron chi connectivity index (χ0n) is 8.84. The summed E-state index contributed by atoms with van der Waals surface area (Å²) in [6.45, 7) is 1.85. The van der Waals surface area contributed by atoms with Crippen LogP contribution in [0.15, 0.2) is 16.3 Å². The summed E-state index contributed by atoms with van der Waals surface area (Å²) in [6.07, 6.45) is 0. The van der Waals surface area contributed by atoms with Gasteiger partial charge >= 0.3 is 0 Å². The van der Waals surface area contributed by atoms with E-state index in [0.29, 0.717) is 4.34 Å². The van der Waals surface area contributed by atoms with Crippen LogP contribution in [0.2, 0.25) is 4.34 Å². The quantitative estimate of drug-likeness (QED) is 0.848. The maximum absolute atomic E-state index is 12.0. The van der Waals surface area contributed by atoms with Crippen LogP contribution in [0, 0.1) is 17.2 Å². The van der Waals surface area contributed by atoms with E-state index in [9.17, 15) is 8.42 Å². The molecule has 1 atom stereocenters. The van der Waals surface area contributed by atoms with Crippen LogP contribution in [0.4, 0.5) is 0 Å². The third kappa shape index (κ3) is 2.95. The molecule has 88 valence electrons. The van der Waals surface area contributed by atoms with Crippen molar-refractivity contribution in [1.82, 2.24) is 4.31 Å². The van der Waals surface area contributed by atoms with E-state index in [4.69, 9.17) is 16.9 Å². The van der Waals surface area contributed by atoms with Crippen LogP contribution < -0.4 is 0 Å². The van der Waals surface area contributed by atoms with Gasteiger partial charge < -0.3 is 0 Å². The molecule has 0 radical (unpaired) electrons. The number of halogens is 1. The SMILES string of the molecule is CC(C#N)CN(C)S(=O)(=O)c1ccc(Cl)s1. The highest BCUT2D eigenvalue weighted by Crippen LogP contribution is 2.27. The van der Waals surface area contributed by atoms with E-state index in [0.717, 1.165) is 11.3 Å². The zero-order valence-corrected chi connectivity index (χ0v) is 11.2. The van der Waals surface area contributed by atoms with Crippen molar-refractivity contribution < 1.29 is 8.42 Å². The molecule has 0 amide bonds. The van der Waals surface area contributed by atoms with Crippen molar-refractivity contribution in [2.75, 3.05) is 13.6 Å². The van der Waals surface area contributed by atoms with Crippen molar-refractivity contribution >= 4 is 33.0 Å². The first-order chi connectivity index (χ1) is 7.37. The summed E-state index contributed by atoms with van der Waals surface area (Å²) in [7, 11) is -2.05. The minimum absolute atomic E-state index is 0.175. The van der Waals surface area contributed by atoms with Gasteiger partial charge in [0.1, 0.15) is 4.21 Å². The van der Waals surface area contributed by atoms with Crippen LogP contribution in [-0.2, 0) is 10.0 Å². The Morgan fingerprint density at radius 1 is 1.62 bits per heavy atom. The third-order valence-corrected chi connectivity index (χ3v) is 5.49. The van der Waals surface area contributed by atoms with E-state index >= 15 is 0 Å². The molecule has 0 N–H and O–H groups in total. The Labute approximate surface area is 104 Å². The molecule has 7 heteroatoms. The van der Waals surface area contributed by atoms with Gasteiger partial charge in [0, 0.05) is 13.6 Å². The third-order valence-electron chi connectivity index (χ3n) is 1.96. The Morgan fingerprint density at radius 2 is 2.25 bits per heavy atom. The molecule has 1 rings (SSSR count). The fourth-order valence-electron chi connectivity index (χ4n) is 1.11. The first-order valence-corrected chi connectivity index (χ1v) is 7.12. The molecule has 4 nitrogen and oxygen atoms in total. The van der Waals surface area contributed by atoms with Gasteiger partial charge in [-0.05, 0) is 19.1 Å². The summed E-state index contributed by atoms with van der Waals surface area (Å²) < 4.78 is 25.7. The van der Waals surface area contributed by atoms with Crippen molar-refractivity contribution in [2.24, 2.45) is 5.92 Å². The molecule has 0 bridgehead atoms. The lowest BCUT2D eigenvalue weighted by atomic mass is 10.2. The molecule has 1 unspecified atom stereocenters. The van der Waals surface area contributed by atoms with Gasteiger partial charge in [-0.15, -0.1) is 11.3 Å². The zero-order chi connectivity index (χ0) is 12.3. The molecule has 0 aromatic carbocycles. The van der Waals surface area contributed by atoms with Crippen LogP contribution in [-0.4, -0.2) is 26.3 Å². The molecule has 16 heavy (non-hydrogen) atoms. The van der Waals surface area contributed by atoms with Crippen LogP contribution in [0.25, 0.3) is 0 Å². The topological polar surface area (TPSA) is 61.2 Å². The van der Waals surface area contributed by atoms with E-state index < -0.39 is 10.0 Å². The van der Waals surface area contributed by atoms with Gasteiger partial charge in [-0.1, -0.05) is 11.6 Å². The second kappa shape index (κ2) is 5.15. The van der Waals surface area contributed by atoms with Crippen molar-refractivity contribution in [3.05, 3.63) is 16.5 Å². The van der Waals surface area contributed by atoms with Crippen molar-refractivity contribution in [2.45, 2.75) is 11.1 Å². The Morgan fingerprint density at radius 3 is 2.69 bits per heavy atom. The minimum Gasteiger partial charge on any atom is -0.206 e. The van der Waals surface area contributed by atoms with Gasteiger partial charge in [-0.2, -0.15) is 9.57 Å². The summed E-state index contributed by atoms with van der Waals surface area (Å²) in [5, 5.41) is 8.63. The summed E-state index contributed by atoms with van der Waals surface area (Å²) in [6, 6.07) is 5.01. The Bertz CT molecular complexity index is 504. The van der Waals surface area contributed by atoms with Crippen molar-refractivity contribution in [3.63, 3.8) is 0 Å². The van der Waals surface area contributed by atoms with Gasteiger partial charge in [0.05, 0.1) is 16.3 Å². The minimum atomic E-state index is -3.51. The molecule has 0 aliphatic rings. The van der Waals surface area contributed by atoms with Gasteiger partial charge in [0.15, 0.2) is 0 Å². The van der Waals surface area contributed by atoms with Gasteiger partial charge in [0.25, 0.3) is 10.0 Å². The number of hydrogen-bond donors (Lipinski definition) is 0. The molecule has 0 saturated heterocycles. The Balaban J connectivity index is 2.91. The largest absolute Gasteiger partial charge is 0.252 e. The van der Waals surface area contributed by atoms with Gasteiger partial charge in [0.2, 0.25) is 0 Å². The van der Waals surface area contributed by atoms with E-state index in [1.165, 1.54) is 17.4 Å². The van der Waals surface area contributed by atoms with Crippen LogP contribution in [0.3, 0.4) is 0 Å². The number of thiophene rings is 1. The predicted molar refractivity (Wildman–Crippen MR) is 63.9 cm³/mol. The number of nitrogens with zero attached hydrogens (tertiary/aromatic N) is 2. The molecule has 0 spiro atoms. The highest BCUT2D eigenvalue weighted by molar-refractivity contribution is 7.91. The molecule has 0 aliphatic carbocycles. The highest BCUT2D eigenvalue weighted by Gasteiger charge is 2.23. The summed E-state index contributed by atoms with van der Waals surface area (Å²) in [5.41, 5.74) is 0. The average Bonchev–Trinajstić information content (AvgIpc) is 2.65. The molecule has 1 heterocycles. The van der Waals surface area contributed by atoms with E-state index in [-0.39, 0.29) is 16.7 Å². The first kappa shape index (κ1) is 13.5. The second-order valence-corrected chi connectivity index (χ2v) is 7.36.